The lowest BCUT2D eigenvalue weighted by Gasteiger charge is -2.29. The summed E-state index contributed by atoms with van der Waals surface area (Å²) in [5.41, 5.74) is 2.48. The van der Waals surface area contributed by atoms with Gasteiger partial charge in [-0.3, -0.25) is 14.9 Å². The number of benzene rings is 2. The molecule has 2 aromatic carbocycles. The summed E-state index contributed by atoms with van der Waals surface area (Å²) in [6.45, 7) is 5.78. The Kier molecular flexibility index (Phi) is 7.13. The van der Waals surface area contributed by atoms with Gasteiger partial charge in [-0.15, -0.1) is 0 Å². The molecule has 0 spiro atoms. The van der Waals surface area contributed by atoms with E-state index in [1.54, 1.807) is 0 Å². The van der Waals surface area contributed by atoms with Gasteiger partial charge in [-0.25, -0.2) is 0 Å². The van der Waals surface area contributed by atoms with Crippen LogP contribution in [0.2, 0.25) is 0 Å². The third-order valence-corrected chi connectivity index (χ3v) is 7.46. The monoisotopic (exact) mass is 501 g/mol. The third kappa shape index (κ3) is 6.45. The van der Waals surface area contributed by atoms with E-state index < -0.39 is 5.60 Å². The Labute approximate surface area is 218 Å². The van der Waals surface area contributed by atoms with E-state index in [9.17, 15) is 9.59 Å². The average molecular weight is 502 g/mol. The molecular weight excluding hydrogens is 466 g/mol. The fourth-order valence-electron chi connectivity index (χ4n) is 5.50. The number of ether oxygens (including phenoxy) is 1. The van der Waals surface area contributed by atoms with Crippen LogP contribution in [0.5, 0.6) is 0 Å². The molecule has 194 valence electrons. The fraction of sp³-hybridized carbons (Fsp3) is 0.467. The van der Waals surface area contributed by atoms with Gasteiger partial charge in [-0.2, -0.15) is 4.98 Å². The second-order valence-corrected chi connectivity index (χ2v) is 11.4. The van der Waals surface area contributed by atoms with Crippen molar-refractivity contribution in [2.24, 2.45) is 17.8 Å². The van der Waals surface area contributed by atoms with E-state index in [4.69, 9.17) is 9.26 Å². The zero-order valence-electron chi connectivity index (χ0n) is 21.8. The van der Waals surface area contributed by atoms with Crippen molar-refractivity contribution in [1.29, 1.82) is 0 Å². The van der Waals surface area contributed by atoms with Crippen LogP contribution >= 0.6 is 0 Å². The number of aromatic nitrogens is 2. The molecule has 0 radical (unpaired) electrons. The molecular formula is C30H35N3O4. The first-order valence-electron chi connectivity index (χ1n) is 13.3. The number of carbonyl (C=O) groups is 2. The van der Waals surface area contributed by atoms with Crippen LogP contribution in [0.15, 0.2) is 59.1 Å². The van der Waals surface area contributed by atoms with Crippen LogP contribution in [0.1, 0.15) is 86.1 Å². The topological polar surface area (TPSA) is 94.3 Å². The summed E-state index contributed by atoms with van der Waals surface area (Å²) in [4.78, 5) is 29.3. The Hall–Kier alpha value is -3.48. The third-order valence-electron chi connectivity index (χ3n) is 7.46. The van der Waals surface area contributed by atoms with Crippen LogP contribution in [0.4, 0.5) is 6.01 Å². The van der Waals surface area contributed by atoms with Gasteiger partial charge in [-0.1, -0.05) is 47.6 Å². The van der Waals surface area contributed by atoms with Gasteiger partial charge in [0.2, 0.25) is 0 Å². The summed E-state index contributed by atoms with van der Waals surface area (Å²) in [6.07, 6.45) is 6.01. The molecule has 1 aromatic heterocycles. The Bertz CT molecular complexity index is 1220. The molecule has 0 saturated heterocycles. The van der Waals surface area contributed by atoms with Crippen molar-refractivity contribution in [3.05, 3.63) is 77.1 Å². The molecule has 0 aliphatic heterocycles. The van der Waals surface area contributed by atoms with Gasteiger partial charge in [0.15, 0.2) is 5.82 Å². The van der Waals surface area contributed by atoms with Crippen LogP contribution < -0.4 is 5.32 Å². The Morgan fingerprint density at radius 1 is 1.00 bits per heavy atom. The largest absolute Gasteiger partial charge is 0.460 e. The summed E-state index contributed by atoms with van der Waals surface area (Å²) in [5, 5.41) is 6.66. The van der Waals surface area contributed by atoms with Gasteiger partial charge in [0, 0.05) is 12.0 Å². The van der Waals surface area contributed by atoms with Crippen molar-refractivity contribution in [3.63, 3.8) is 0 Å². The van der Waals surface area contributed by atoms with Gasteiger partial charge in [0.05, 0.1) is 5.92 Å². The second-order valence-electron chi connectivity index (χ2n) is 11.4. The minimum Gasteiger partial charge on any atom is -0.460 e. The van der Waals surface area contributed by atoms with E-state index in [1.165, 1.54) is 5.56 Å². The molecule has 0 bridgehead atoms. The lowest BCUT2D eigenvalue weighted by atomic mass is 9.76. The predicted molar refractivity (Wildman–Crippen MR) is 140 cm³/mol. The number of carbonyl (C=O) groups excluding carboxylic acids is 2. The zero-order valence-corrected chi connectivity index (χ0v) is 21.8. The highest BCUT2D eigenvalue weighted by atomic mass is 16.6. The molecule has 1 heterocycles. The van der Waals surface area contributed by atoms with Crippen LogP contribution in [-0.2, 0) is 16.0 Å². The maximum atomic E-state index is 12.7. The maximum absolute atomic E-state index is 12.7. The minimum absolute atomic E-state index is 0.0264. The molecule has 3 aromatic rings. The van der Waals surface area contributed by atoms with Gasteiger partial charge in [-0.05, 0) is 93.9 Å². The summed E-state index contributed by atoms with van der Waals surface area (Å²) >= 11 is 0. The van der Waals surface area contributed by atoms with E-state index in [0.717, 1.165) is 37.7 Å². The highest BCUT2D eigenvalue weighted by Gasteiger charge is 2.49. The first kappa shape index (κ1) is 25.2. The Balaban J connectivity index is 1.09. The summed E-state index contributed by atoms with van der Waals surface area (Å²) in [6, 6.07) is 17.8. The molecule has 2 unspecified atom stereocenters. The standard InChI is InChI=1S/C30H35N3O4/c1-30(2,3)36-28(35)25-18-24(25)22-13-9-20(10-14-22)21-11-15-23(16-12-21)27(34)32-29-31-26(33-37-29)17-19-7-5-4-6-8-19/h4-8,11-12,15-16,20,22,24-25H,9-10,13-14,17-18H2,1-3H3,(H,31,32,33,34). The molecule has 7 nitrogen and oxygen atoms in total. The number of amides is 1. The number of nitrogens with zero attached hydrogens (tertiary/aromatic N) is 2. The zero-order chi connectivity index (χ0) is 26.0. The SMILES string of the molecule is CC(C)(C)OC(=O)C1CC1C1CCC(c2ccc(C(=O)Nc3nc(Cc4ccccc4)no3)cc2)CC1. The first-order valence-corrected chi connectivity index (χ1v) is 13.3. The van der Waals surface area contributed by atoms with Gasteiger partial charge >= 0.3 is 12.0 Å². The summed E-state index contributed by atoms with van der Waals surface area (Å²) in [7, 11) is 0. The molecule has 2 saturated carbocycles. The smallest absolute Gasteiger partial charge is 0.328 e. The normalized spacial score (nSPS) is 23.3. The number of esters is 1. The summed E-state index contributed by atoms with van der Waals surface area (Å²) < 4.78 is 10.8. The molecule has 7 heteroatoms. The number of rotatable bonds is 7. The van der Waals surface area contributed by atoms with E-state index in [2.05, 4.69) is 27.6 Å². The molecule has 1 N–H and O–H groups in total. The molecule has 1 amide bonds. The summed E-state index contributed by atoms with van der Waals surface area (Å²) in [5.74, 6) is 1.90. The molecule has 2 aliphatic rings. The van der Waals surface area contributed by atoms with Crippen molar-refractivity contribution in [3.8, 4) is 0 Å². The quantitative estimate of drug-likeness (QED) is 0.389. The van der Waals surface area contributed by atoms with E-state index >= 15 is 0 Å². The second kappa shape index (κ2) is 10.5. The van der Waals surface area contributed by atoms with Crippen molar-refractivity contribution in [2.45, 2.75) is 70.8 Å². The Morgan fingerprint density at radius 2 is 1.70 bits per heavy atom. The molecule has 2 aliphatic carbocycles. The van der Waals surface area contributed by atoms with Crippen LogP contribution in [0, 0.1) is 17.8 Å². The highest BCUT2D eigenvalue weighted by Crippen LogP contribution is 2.52. The Morgan fingerprint density at radius 3 is 2.38 bits per heavy atom. The van der Waals surface area contributed by atoms with Crippen molar-refractivity contribution < 1.29 is 18.8 Å². The number of anilines is 1. The molecule has 2 fully saturated rings. The van der Waals surface area contributed by atoms with Crippen LogP contribution in [0.25, 0.3) is 0 Å². The average Bonchev–Trinajstić information content (AvgIpc) is 3.58. The van der Waals surface area contributed by atoms with Gasteiger partial charge < -0.3 is 9.26 Å². The van der Waals surface area contributed by atoms with Crippen molar-refractivity contribution in [1.82, 2.24) is 10.1 Å². The van der Waals surface area contributed by atoms with Gasteiger partial charge in [0.25, 0.3) is 5.91 Å². The van der Waals surface area contributed by atoms with Crippen molar-refractivity contribution >= 4 is 17.9 Å². The minimum atomic E-state index is -0.415. The lowest BCUT2D eigenvalue weighted by Crippen LogP contribution is -2.26. The van der Waals surface area contributed by atoms with Crippen LogP contribution in [0.3, 0.4) is 0 Å². The van der Waals surface area contributed by atoms with E-state index in [1.807, 2.05) is 63.2 Å². The number of hydrogen-bond donors (Lipinski definition) is 1. The molecule has 2 atom stereocenters. The number of hydrogen-bond acceptors (Lipinski definition) is 6. The van der Waals surface area contributed by atoms with E-state index in [0.29, 0.717) is 35.6 Å². The fourth-order valence-corrected chi connectivity index (χ4v) is 5.50. The lowest BCUT2D eigenvalue weighted by molar-refractivity contribution is -0.157. The van der Waals surface area contributed by atoms with E-state index in [-0.39, 0.29) is 23.8 Å². The highest BCUT2D eigenvalue weighted by molar-refractivity contribution is 6.03. The predicted octanol–water partition coefficient (Wildman–Crippen LogP) is 6.16. The number of nitrogens with one attached hydrogen (secondary N) is 1. The molecule has 5 rings (SSSR count). The first-order chi connectivity index (χ1) is 17.7. The van der Waals surface area contributed by atoms with Crippen LogP contribution in [-0.4, -0.2) is 27.6 Å². The van der Waals surface area contributed by atoms with Gasteiger partial charge in [0.1, 0.15) is 5.60 Å². The molecule has 37 heavy (non-hydrogen) atoms. The van der Waals surface area contributed by atoms with Crippen molar-refractivity contribution in [2.75, 3.05) is 5.32 Å². The maximum Gasteiger partial charge on any atom is 0.328 e.